The lowest BCUT2D eigenvalue weighted by atomic mass is 10.2. The van der Waals surface area contributed by atoms with Crippen LogP contribution >= 0.6 is 0 Å². The van der Waals surface area contributed by atoms with E-state index in [1.165, 1.54) is 0 Å². The second-order valence-corrected chi connectivity index (χ2v) is 5.40. The summed E-state index contributed by atoms with van der Waals surface area (Å²) in [6, 6.07) is 16.0. The number of para-hydroxylation sites is 1. The van der Waals surface area contributed by atoms with E-state index in [-0.39, 0.29) is 11.8 Å². The van der Waals surface area contributed by atoms with Crippen molar-refractivity contribution in [1.29, 1.82) is 0 Å². The van der Waals surface area contributed by atoms with E-state index in [1.807, 2.05) is 25.1 Å². The summed E-state index contributed by atoms with van der Waals surface area (Å²) in [5.41, 5.74) is 1.07. The second-order valence-electron chi connectivity index (χ2n) is 5.40. The first-order valence-electron chi connectivity index (χ1n) is 8.01. The molecule has 24 heavy (non-hydrogen) atoms. The van der Waals surface area contributed by atoms with Gasteiger partial charge in [0.1, 0.15) is 5.75 Å². The quantitative estimate of drug-likeness (QED) is 0.821. The Labute approximate surface area is 142 Å². The molecule has 0 bridgehead atoms. The number of anilines is 1. The molecule has 2 aromatic rings. The molecule has 2 rings (SSSR count). The summed E-state index contributed by atoms with van der Waals surface area (Å²) in [6.45, 7) is 4.29. The Bertz CT molecular complexity index is 686. The zero-order chi connectivity index (χ0) is 17.4. The van der Waals surface area contributed by atoms with Crippen LogP contribution in [0.4, 0.5) is 5.69 Å². The molecular weight excluding hydrogens is 304 g/mol. The van der Waals surface area contributed by atoms with Gasteiger partial charge in [0.2, 0.25) is 0 Å². The predicted octanol–water partition coefficient (Wildman–Crippen LogP) is 3.23. The third-order valence-corrected chi connectivity index (χ3v) is 3.35. The Morgan fingerprint density at radius 3 is 2.54 bits per heavy atom. The van der Waals surface area contributed by atoms with Crippen molar-refractivity contribution in [2.24, 2.45) is 0 Å². The molecule has 5 nitrogen and oxygen atoms in total. The molecule has 2 amide bonds. The van der Waals surface area contributed by atoms with Gasteiger partial charge in [-0.2, -0.15) is 0 Å². The summed E-state index contributed by atoms with van der Waals surface area (Å²) < 4.78 is 5.59. The highest BCUT2D eigenvalue weighted by molar-refractivity contribution is 5.98. The summed E-state index contributed by atoms with van der Waals surface area (Å²) in [5.74, 6) is 0.208. The molecule has 126 valence electrons. The molecule has 0 aliphatic heterocycles. The van der Waals surface area contributed by atoms with Gasteiger partial charge in [0.15, 0.2) is 6.10 Å². The predicted molar refractivity (Wildman–Crippen MR) is 94.2 cm³/mol. The minimum absolute atomic E-state index is 0.151. The van der Waals surface area contributed by atoms with Gasteiger partial charge in [0, 0.05) is 17.8 Å². The van der Waals surface area contributed by atoms with E-state index in [0.717, 1.165) is 6.42 Å². The molecule has 0 spiro atoms. The van der Waals surface area contributed by atoms with Crippen LogP contribution in [0.15, 0.2) is 54.6 Å². The molecule has 0 aliphatic carbocycles. The Morgan fingerprint density at radius 1 is 1.08 bits per heavy atom. The molecule has 1 unspecified atom stereocenters. The topological polar surface area (TPSA) is 67.4 Å². The maximum absolute atomic E-state index is 12.2. The van der Waals surface area contributed by atoms with E-state index in [1.54, 1.807) is 43.3 Å². The smallest absolute Gasteiger partial charge is 0.265 e. The lowest BCUT2D eigenvalue weighted by Crippen LogP contribution is -2.30. The maximum Gasteiger partial charge on any atom is 0.265 e. The Kier molecular flexibility index (Phi) is 6.37. The van der Waals surface area contributed by atoms with Gasteiger partial charge in [-0.25, -0.2) is 0 Å². The number of ether oxygens (including phenoxy) is 1. The Hall–Kier alpha value is -2.82. The molecule has 0 saturated heterocycles. The van der Waals surface area contributed by atoms with Gasteiger partial charge in [-0.15, -0.1) is 0 Å². The van der Waals surface area contributed by atoms with Crippen LogP contribution in [-0.2, 0) is 4.79 Å². The van der Waals surface area contributed by atoms with Crippen LogP contribution in [0.5, 0.6) is 5.75 Å². The van der Waals surface area contributed by atoms with Gasteiger partial charge in [-0.1, -0.05) is 31.2 Å². The van der Waals surface area contributed by atoms with Crippen LogP contribution in [0.25, 0.3) is 0 Å². The minimum atomic E-state index is -0.648. The Balaban J connectivity index is 1.97. The summed E-state index contributed by atoms with van der Waals surface area (Å²) in [6.07, 6.45) is 0.223. The molecule has 1 atom stereocenters. The zero-order valence-electron chi connectivity index (χ0n) is 13.9. The van der Waals surface area contributed by atoms with E-state index in [0.29, 0.717) is 23.5 Å². The number of rotatable bonds is 7. The molecule has 5 heteroatoms. The standard InChI is InChI=1S/C19H22N2O3/c1-3-12-20-19(23)15-8-7-9-16(13-15)21-18(22)14(2)24-17-10-5-4-6-11-17/h4-11,13-14H,3,12H2,1-2H3,(H,20,23)(H,21,22). The second kappa shape index (κ2) is 8.72. The molecule has 0 radical (unpaired) electrons. The number of carbonyl (C=O) groups excluding carboxylic acids is 2. The van der Waals surface area contributed by atoms with E-state index < -0.39 is 6.10 Å². The highest BCUT2D eigenvalue weighted by Gasteiger charge is 2.15. The first-order chi connectivity index (χ1) is 11.6. The SMILES string of the molecule is CCCNC(=O)c1cccc(NC(=O)C(C)Oc2ccccc2)c1. The van der Waals surface area contributed by atoms with E-state index in [9.17, 15) is 9.59 Å². The van der Waals surface area contributed by atoms with Crippen LogP contribution in [0.3, 0.4) is 0 Å². The van der Waals surface area contributed by atoms with Crippen LogP contribution in [0.1, 0.15) is 30.6 Å². The fourth-order valence-electron chi connectivity index (χ4n) is 2.08. The number of amides is 2. The third kappa shape index (κ3) is 5.12. The van der Waals surface area contributed by atoms with Crippen molar-refractivity contribution < 1.29 is 14.3 Å². The van der Waals surface area contributed by atoms with Gasteiger partial charge in [-0.3, -0.25) is 9.59 Å². The van der Waals surface area contributed by atoms with E-state index in [2.05, 4.69) is 10.6 Å². The van der Waals surface area contributed by atoms with E-state index >= 15 is 0 Å². The first kappa shape index (κ1) is 17.5. The summed E-state index contributed by atoms with van der Waals surface area (Å²) in [5, 5.41) is 5.58. The van der Waals surface area contributed by atoms with Gasteiger partial charge >= 0.3 is 0 Å². The van der Waals surface area contributed by atoms with Crippen LogP contribution < -0.4 is 15.4 Å². The van der Waals surface area contributed by atoms with Crippen molar-refractivity contribution in [2.45, 2.75) is 26.4 Å². The highest BCUT2D eigenvalue weighted by Crippen LogP contribution is 2.14. The van der Waals surface area contributed by atoms with Crippen LogP contribution in [0.2, 0.25) is 0 Å². The minimum Gasteiger partial charge on any atom is -0.481 e. The monoisotopic (exact) mass is 326 g/mol. The average Bonchev–Trinajstić information content (AvgIpc) is 2.60. The van der Waals surface area contributed by atoms with Crippen molar-refractivity contribution >= 4 is 17.5 Å². The molecule has 2 N–H and O–H groups in total. The number of hydrogen-bond donors (Lipinski definition) is 2. The molecule has 0 fully saturated rings. The summed E-state index contributed by atoms with van der Waals surface area (Å²) in [4.78, 5) is 24.2. The third-order valence-electron chi connectivity index (χ3n) is 3.35. The fourth-order valence-corrected chi connectivity index (χ4v) is 2.08. The number of carbonyl (C=O) groups is 2. The molecule has 0 saturated carbocycles. The first-order valence-corrected chi connectivity index (χ1v) is 8.01. The highest BCUT2D eigenvalue weighted by atomic mass is 16.5. The van der Waals surface area contributed by atoms with Crippen molar-refractivity contribution in [2.75, 3.05) is 11.9 Å². The number of hydrogen-bond acceptors (Lipinski definition) is 3. The number of nitrogens with one attached hydrogen (secondary N) is 2. The molecule has 0 aliphatic rings. The van der Waals surface area contributed by atoms with Gasteiger partial charge in [-0.05, 0) is 43.7 Å². The van der Waals surface area contributed by atoms with Gasteiger partial charge < -0.3 is 15.4 Å². The van der Waals surface area contributed by atoms with Crippen LogP contribution in [0, 0.1) is 0 Å². The summed E-state index contributed by atoms with van der Waals surface area (Å²) >= 11 is 0. The van der Waals surface area contributed by atoms with Gasteiger partial charge in [0.25, 0.3) is 11.8 Å². The molecule has 0 heterocycles. The summed E-state index contributed by atoms with van der Waals surface area (Å²) in [7, 11) is 0. The lowest BCUT2D eigenvalue weighted by Gasteiger charge is -2.15. The normalized spacial score (nSPS) is 11.4. The fraction of sp³-hybridized carbons (Fsp3) is 0.263. The lowest BCUT2D eigenvalue weighted by molar-refractivity contribution is -0.122. The molecular formula is C19H22N2O3. The number of benzene rings is 2. The average molecular weight is 326 g/mol. The Morgan fingerprint density at radius 2 is 1.83 bits per heavy atom. The zero-order valence-corrected chi connectivity index (χ0v) is 13.9. The largest absolute Gasteiger partial charge is 0.481 e. The molecule has 2 aromatic carbocycles. The van der Waals surface area contributed by atoms with Crippen molar-refractivity contribution in [3.8, 4) is 5.75 Å². The maximum atomic E-state index is 12.2. The van der Waals surface area contributed by atoms with Gasteiger partial charge in [0.05, 0.1) is 0 Å². The van der Waals surface area contributed by atoms with Crippen molar-refractivity contribution in [3.05, 3.63) is 60.2 Å². The molecule has 0 aromatic heterocycles. The van der Waals surface area contributed by atoms with Crippen LogP contribution in [-0.4, -0.2) is 24.5 Å². The van der Waals surface area contributed by atoms with E-state index in [4.69, 9.17) is 4.74 Å². The van der Waals surface area contributed by atoms with Crippen molar-refractivity contribution in [1.82, 2.24) is 5.32 Å². The van der Waals surface area contributed by atoms with Crippen molar-refractivity contribution in [3.63, 3.8) is 0 Å².